The predicted octanol–water partition coefficient (Wildman–Crippen LogP) is 4.74. The molecule has 3 rings (SSSR count). The van der Waals surface area contributed by atoms with Crippen LogP contribution in [0.5, 0.6) is 0 Å². The summed E-state index contributed by atoms with van der Waals surface area (Å²) < 4.78 is 7.68. The van der Waals surface area contributed by atoms with Crippen LogP contribution in [0.25, 0.3) is 6.08 Å². The van der Waals surface area contributed by atoms with Crippen molar-refractivity contribution >= 4 is 17.5 Å². The molecule has 134 valence electrons. The lowest BCUT2D eigenvalue weighted by molar-refractivity contribution is -0.512. The molecular weight excluding hydrogens is 320 g/mol. The van der Waals surface area contributed by atoms with E-state index in [4.69, 9.17) is 4.42 Å². The number of rotatable bonds is 6. The van der Waals surface area contributed by atoms with E-state index in [0.29, 0.717) is 5.92 Å². The van der Waals surface area contributed by atoms with Gasteiger partial charge in [-0.05, 0) is 48.9 Å². The second kappa shape index (κ2) is 8.52. The van der Waals surface area contributed by atoms with E-state index in [9.17, 15) is 0 Å². The third kappa shape index (κ3) is 4.42. The van der Waals surface area contributed by atoms with Gasteiger partial charge >= 0.3 is 0 Å². The van der Waals surface area contributed by atoms with Crippen molar-refractivity contribution in [3.05, 3.63) is 84.4 Å². The van der Waals surface area contributed by atoms with Crippen LogP contribution in [0.3, 0.4) is 0 Å². The Bertz CT molecular complexity index is 806. The Morgan fingerprint density at radius 2 is 1.81 bits per heavy atom. The number of benzene rings is 1. The first-order valence-electron chi connectivity index (χ1n) is 9.13. The third-order valence-electron chi connectivity index (χ3n) is 4.64. The Hall–Kier alpha value is -2.81. The van der Waals surface area contributed by atoms with E-state index in [2.05, 4.69) is 85.1 Å². The first-order valence-corrected chi connectivity index (χ1v) is 9.13. The molecule has 0 radical (unpaired) electrons. The lowest BCUT2D eigenvalue weighted by Crippen LogP contribution is -2.20. The summed E-state index contributed by atoms with van der Waals surface area (Å²) in [4.78, 5) is 2.12. The van der Waals surface area contributed by atoms with E-state index in [0.717, 1.165) is 18.8 Å². The molecule has 1 aliphatic rings. The van der Waals surface area contributed by atoms with Gasteiger partial charge in [-0.25, -0.2) is 4.58 Å². The van der Waals surface area contributed by atoms with Crippen LogP contribution in [0.1, 0.15) is 24.2 Å². The Labute approximate surface area is 156 Å². The molecule has 0 saturated heterocycles. The molecule has 0 saturated carbocycles. The van der Waals surface area contributed by atoms with E-state index < -0.39 is 0 Å². The molecule has 0 spiro atoms. The molecule has 2 aromatic rings. The molecule has 1 heterocycles. The van der Waals surface area contributed by atoms with Gasteiger partial charge in [0.2, 0.25) is 0 Å². The van der Waals surface area contributed by atoms with E-state index in [1.807, 2.05) is 18.2 Å². The molecule has 1 aromatic carbocycles. The van der Waals surface area contributed by atoms with Gasteiger partial charge in [0.15, 0.2) is 12.3 Å². The summed E-state index contributed by atoms with van der Waals surface area (Å²) in [6.45, 7) is 4.01. The van der Waals surface area contributed by atoms with Gasteiger partial charge in [-0.1, -0.05) is 24.3 Å². The van der Waals surface area contributed by atoms with Gasteiger partial charge in [0.25, 0.3) is 0 Å². The zero-order chi connectivity index (χ0) is 18.4. The number of anilines is 1. The zero-order valence-electron chi connectivity index (χ0n) is 15.8. The Balaban J connectivity index is 1.68. The Kier molecular flexibility index (Phi) is 5.90. The maximum absolute atomic E-state index is 5.34. The molecule has 1 aliphatic carbocycles. The van der Waals surface area contributed by atoms with Crippen LogP contribution in [0.4, 0.5) is 5.69 Å². The third-order valence-corrected chi connectivity index (χ3v) is 4.64. The summed E-state index contributed by atoms with van der Waals surface area (Å²) in [5, 5.41) is 0. The molecule has 26 heavy (non-hydrogen) atoms. The summed E-state index contributed by atoms with van der Waals surface area (Å²) in [6.07, 6.45) is 14.9. The van der Waals surface area contributed by atoms with Gasteiger partial charge in [0, 0.05) is 37.9 Å². The van der Waals surface area contributed by atoms with Crippen LogP contribution in [-0.4, -0.2) is 37.5 Å². The summed E-state index contributed by atoms with van der Waals surface area (Å²) >= 11 is 0. The largest absolute Gasteiger partial charge is 0.465 e. The second-order valence-electron chi connectivity index (χ2n) is 6.61. The molecule has 3 nitrogen and oxygen atoms in total. The average molecular weight is 347 g/mol. The molecule has 0 fully saturated rings. The fraction of sp³-hybridized carbons (Fsp3) is 0.261. The second-order valence-corrected chi connectivity index (χ2v) is 6.61. The van der Waals surface area contributed by atoms with Crippen LogP contribution >= 0.6 is 0 Å². The molecule has 0 atom stereocenters. The fourth-order valence-corrected chi connectivity index (χ4v) is 3.05. The zero-order valence-corrected chi connectivity index (χ0v) is 15.8. The smallest absolute Gasteiger partial charge is 0.199 e. The van der Waals surface area contributed by atoms with Crippen molar-refractivity contribution in [2.75, 3.05) is 32.1 Å². The standard InChI is InChI=1S/C23H27N2O/c1-4-25(17-5-7-23-8-6-18-26-23)22-15-11-20(12-16-22)19-9-13-21(14-10-19)24(2)3/h5-16,18,20H,4,17H2,1-3H3/q+1. The summed E-state index contributed by atoms with van der Waals surface area (Å²) in [5.74, 6) is 1.23. The Morgan fingerprint density at radius 1 is 1.08 bits per heavy atom. The summed E-state index contributed by atoms with van der Waals surface area (Å²) in [7, 11) is 4.13. The SMILES string of the molecule is CC[N+](CC=Cc1ccco1)=C1C=CC(c2ccc(N(C)C)cc2)C=C1. The van der Waals surface area contributed by atoms with Crippen molar-refractivity contribution in [2.24, 2.45) is 0 Å². The number of hydrogen-bond donors (Lipinski definition) is 0. The highest BCUT2D eigenvalue weighted by molar-refractivity contribution is 6.01. The quantitative estimate of drug-likeness (QED) is 0.703. The van der Waals surface area contributed by atoms with Crippen LogP contribution < -0.4 is 4.90 Å². The fourth-order valence-electron chi connectivity index (χ4n) is 3.05. The van der Waals surface area contributed by atoms with Crippen molar-refractivity contribution in [3.63, 3.8) is 0 Å². The maximum atomic E-state index is 5.34. The minimum atomic E-state index is 0.340. The molecule has 0 bridgehead atoms. The summed E-state index contributed by atoms with van der Waals surface area (Å²) in [5.41, 5.74) is 3.80. The van der Waals surface area contributed by atoms with Gasteiger partial charge in [-0.3, -0.25) is 0 Å². The van der Waals surface area contributed by atoms with E-state index in [1.54, 1.807) is 6.26 Å². The van der Waals surface area contributed by atoms with Gasteiger partial charge in [-0.2, -0.15) is 0 Å². The van der Waals surface area contributed by atoms with Gasteiger partial charge < -0.3 is 9.32 Å². The highest BCUT2D eigenvalue weighted by Crippen LogP contribution is 2.24. The first kappa shape index (κ1) is 18.0. The molecular formula is C23H27N2O+. The minimum absolute atomic E-state index is 0.340. The van der Waals surface area contributed by atoms with Crippen LogP contribution in [-0.2, 0) is 0 Å². The summed E-state index contributed by atoms with van der Waals surface area (Å²) in [6, 6.07) is 12.6. The number of furan rings is 1. The van der Waals surface area contributed by atoms with Crippen LogP contribution in [0.2, 0.25) is 0 Å². The van der Waals surface area contributed by atoms with E-state index in [1.165, 1.54) is 17.0 Å². The molecule has 1 aromatic heterocycles. The Morgan fingerprint density at radius 3 is 2.38 bits per heavy atom. The van der Waals surface area contributed by atoms with Crippen molar-refractivity contribution in [2.45, 2.75) is 12.8 Å². The van der Waals surface area contributed by atoms with Crippen molar-refractivity contribution in [1.29, 1.82) is 0 Å². The highest BCUT2D eigenvalue weighted by Gasteiger charge is 2.14. The van der Waals surface area contributed by atoms with Crippen molar-refractivity contribution < 1.29 is 8.99 Å². The monoisotopic (exact) mass is 347 g/mol. The van der Waals surface area contributed by atoms with Gasteiger partial charge in [0.1, 0.15) is 12.3 Å². The van der Waals surface area contributed by atoms with E-state index in [-0.39, 0.29) is 0 Å². The predicted molar refractivity (Wildman–Crippen MR) is 110 cm³/mol. The molecule has 3 heteroatoms. The lowest BCUT2D eigenvalue weighted by atomic mass is 9.94. The maximum Gasteiger partial charge on any atom is 0.199 e. The molecule has 0 aliphatic heterocycles. The first-order chi connectivity index (χ1) is 12.7. The van der Waals surface area contributed by atoms with Gasteiger partial charge in [-0.15, -0.1) is 0 Å². The lowest BCUT2D eigenvalue weighted by Gasteiger charge is -2.16. The number of hydrogen-bond acceptors (Lipinski definition) is 2. The van der Waals surface area contributed by atoms with E-state index >= 15 is 0 Å². The average Bonchev–Trinajstić information content (AvgIpc) is 3.19. The van der Waals surface area contributed by atoms with Gasteiger partial charge in [0.05, 0.1) is 6.26 Å². The number of nitrogens with zero attached hydrogens (tertiary/aromatic N) is 2. The van der Waals surface area contributed by atoms with Crippen molar-refractivity contribution in [1.82, 2.24) is 0 Å². The normalized spacial score (nSPS) is 16.4. The molecule has 0 amide bonds. The highest BCUT2D eigenvalue weighted by atomic mass is 16.3. The molecule has 0 N–H and O–H groups in total. The molecule has 0 unspecified atom stereocenters. The topological polar surface area (TPSA) is 19.4 Å². The number of likely N-dealkylation sites (N-methyl/N-ethyl adjacent to an activating group) is 1. The van der Waals surface area contributed by atoms with Crippen LogP contribution in [0.15, 0.2) is 77.5 Å². The minimum Gasteiger partial charge on any atom is -0.465 e. The van der Waals surface area contributed by atoms with Crippen LogP contribution in [0, 0.1) is 0 Å². The number of allylic oxidation sites excluding steroid dienone is 4. The van der Waals surface area contributed by atoms with Crippen molar-refractivity contribution in [3.8, 4) is 0 Å².